The highest BCUT2D eigenvalue weighted by atomic mass is 16.7. The lowest BCUT2D eigenvalue weighted by molar-refractivity contribution is -0.0111. The van der Waals surface area contributed by atoms with Crippen molar-refractivity contribution in [3.8, 4) is 0 Å². The number of aryl methyl sites for hydroxylation is 1. The monoisotopic (exact) mass is 299 g/mol. The molecule has 0 radical (unpaired) electrons. The number of hydrogen-bond donors (Lipinski definition) is 0. The largest absolute Gasteiger partial charge is 0.393 e. The van der Waals surface area contributed by atoms with E-state index in [4.69, 9.17) is 4.84 Å². The zero-order chi connectivity index (χ0) is 14.9. The van der Waals surface area contributed by atoms with E-state index in [2.05, 4.69) is 35.1 Å². The Morgan fingerprint density at radius 1 is 1.09 bits per heavy atom. The molecule has 0 atom stereocenters. The minimum Gasteiger partial charge on any atom is -0.393 e. The van der Waals surface area contributed by atoms with Crippen molar-refractivity contribution in [2.24, 2.45) is 0 Å². The highest BCUT2D eigenvalue weighted by molar-refractivity contribution is 5.81. The predicted octanol–water partition coefficient (Wildman–Crippen LogP) is 3.18. The smallest absolute Gasteiger partial charge is 0.127 e. The first kappa shape index (κ1) is 14.1. The third-order valence-corrected chi connectivity index (χ3v) is 5.35. The van der Waals surface area contributed by atoms with Crippen LogP contribution in [0, 0.1) is 6.92 Å². The predicted molar refractivity (Wildman–Crippen MR) is 87.9 cm³/mol. The summed E-state index contributed by atoms with van der Waals surface area (Å²) >= 11 is 0. The number of hydrogen-bond acceptors (Lipinski definition) is 3. The van der Waals surface area contributed by atoms with Crippen LogP contribution < -0.4 is 4.84 Å². The molecular weight excluding hydrogens is 274 g/mol. The van der Waals surface area contributed by atoms with Crippen molar-refractivity contribution in [1.82, 2.24) is 14.8 Å². The third kappa shape index (κ3) is 2.60. The van der Waals surface area contributed by atoms with E-state index >= 15 is 0 Å². The molecule has 0 amide bonds. The van der Waals surface area contributed by atoms with Gasteiger partial charge in [-0.3, -0.25) is 0 Å². The Balaban J connectivity index is 1.40. The number of nitrogens with zero attached hydrogens (tertiary/aromatic N) is 3. The normalized spacial score (nSPS) is 26.6. The second-order valence-corrected chi connectivity index (χ2v) is 6.80. The summed E-state index contributed by atoms with van der Waals surface area (Å²) in [5, 5.41) is 5.62. The first-order valence-corrected chi connectivity index (χ1v) is 8.66. The highest BCUT2D eigenvalue weighted by Crippen LogP contribution is 2.27. The number of likely N-dealkylation sites (tertiary alicyclic amines) is 1. The van der Waals surface area contributed by atoms with Crippen LogP contribution in [0.5, 0.6) is 0 Å². The van der Waals surface area contributed by atoms with Gasteiger partial charge in [0.15, 0.2) is 0 Å². The summed E-state index contributed by atoms with van der Waals surface area (Å²) in [4.78, 5) is 10.6. The molecule has 4 rings (SSSR count). The molecule has 1 aromatic heterocycles. The number of benzene rings is 1. The van der Waals surface area contributed by atoms with Gasteiger partial charge in [0, 0.05) is 11.4 Å². The van der Waals surface area contributed by atoms with Gasteiger partial charge in [-0.15, -0.1) is 5.10 Å². The van der Waals surface area contributed by atoms with Crippen LogP contribution in [0.1, 0.15) is 44.1 Å². The van der Waals surface area contributed by atoms with Crippen molar-refractivity contribution in [3.63, 3.8) is 0 Å². The van der Waals surface area contributed by atoms with Crippen molar-refractivity contribution < 1.29 is 4.84 Å². The maximum absolute atomic E-state index is 6.16. The summed E-state index contributed by atoms with van der Waals surface area (Å²) in [5.41, 5.74) is 2.34. The molecular formula is C18H25N3O. The molecule has 4 heteroatoms. The fourth-order valence-corrected chi connectivity index (χ4v) is 4.02. The van der Waals surface area contributed by atoms with E-state index in [1.54, 1.807) is 4.85 Å². The van der Waals surface area contributed by atoms with E-state index < -0.39 is 0 Å². The summed E-state index contributed by atoms with van der Waals surface area (Å²) < 4.78 is 0. The Morgan fingerprint density at radius 3 is 2.64 bits per heavy atom. The second-order valence-electron chi connectivity index (χ2n) is 6.80. The standard InChI is InChI=1S/C18H25N3O/c1-14-5-4-6-18-17(14)13-19-21(18)22-16-9-7-15(8-10-16)20-11-2-3-12-20/h4-6,13,15-16H,2-3,7-12H2,1H3. The Bertz CT molecular complexity index is 637. The molecule has 2 fully saturated rings. The van der Waals surface area contributed by atoms with Gasteiger partial charge in [0.05, 0.1) is 6.20 Å². The fraction of sp³-hybridized carbons (Fsp3) is 0.611. The summed E-state index contributed by atoms with van der Waals surface area (Å²) in [5.74, 6) is 0. The minimum atomic E-state index is 0.308. The molecule has 0 unspecified atom stereocenters. The topological polar surface area (TPSA) is 30.3 Å². The molecule has 1 saturated carbocycles. The van der Waals surface area contributed by atoms with Crippen LogP contribution in [0.4, 0.5) is 0 Å². The summed E-state index contributed by atoms with van der Waals surface area (Å²) in [6.07, 6.45) is 9.82. The molecule has 2 aliphatic rings. The van der Waals surface area contributed by atoms with Gasteiger partial charge < -0.3 is 9.74 Å². The molecule has 0 spiro atoms. The average molecular weight is 299 g/mol. The van der Waals surface area contributed by atoms with E-state index in [9.17, 15) is 0 Å². The Labute approximate surface area is 132 Å². The van der Waals surface area contributed by atoms with Crippen LogP contribution in [-0.2, 0) is 0 Å². The molecule has 2 aromatic rings. The lowest BCUT2D eigenvalue weighted by Gasteiger charge is -2.34. The van der Waals surface area contributed by atoms with Gasteiger partial charge in [-0.05, 0) is 70.2 Å². The van der Waals surface area contributed by atoms with Crippen molar-refractivity contribution in [2.75, 3.05) is 13.1 Å². The molecule has 0 bridgehead atoms. The van der Waals surface area contributed by atoms with E-state index in [1.165, 1.54) is 49.7 Å². The van der Waals surface area contributed by atoms with Crippen LogP contribution in [-0.4, -0.2) is 40.1 Å². The first-order chi connectivity index (χ1) is 10.8. The van der Waals surface area contributed by atoms with E-state index in [0.29, 0.717) is 6.10 Å². The van der Waals surface area contributed by atoms with Gasteiger partial charge in [-0.25, -0.2) is 0 Å². The molecule has 4 nitrogen and oxygen atoms in total. The number of rotatable bonds is 3. The van der Waals surface area contributed by atoms with Crippen molar-refractivity contribution in [3.05, 3.63) is 30.0 Å². The molecule has 118 valence electrons. The van der Waals surface area contributed by atoms with Gasteiger partial charge in [-0.2, -0.15) is 0 Å². The summed E-state index contributed by atoms with van der Waals surface area (Å²) in [6, 6.07) is 7.07. The van der Waals surface area contributed by atoms with E-state index in [0.717, 1.165) is 24.4 Å². The molecule has 1 aliphatic carbocycles. The third-order valence-electron chi connectivity index (χ3n) is 5.35. The zero-order valence-corrected chi connectivity index (χ0v) is 13.4. The van der Waals surface area contributed by atoms with Crippen molar-refractivity contribution in [2.45, 2.75) is 57.6 Å². The van der Waals surface area contributed by atoms with Crippen molar-refractivity contribution in [1.29, 1.82) is 0 Å². The molecule has 22 heavy (non-hydrogen) atoms. The maximum atomic E-state index is 6.16. The Hall–Kier alpha value is -1.55. The van der Waals surface area contributed by atoms with Crippen LogP contribution in [0.25, 0.3) is 10.9 Å². The Morgan fingerprint density at radius 2 is 1.86 bits per heavy atom. The molecule has 1 aromatic carbocycles. The van der Waals surface area contributed by atoms with Gasteiger partial charge in [0.1, 0.15) is 11.6 Å². The average Bonchev–Trinajstić information content (AvgIpc) is 3.19. The first-order valence-electron chi connectivity index (χ1n) is 8.66. The summed E-state index contributed by atoms with van der Waals surface area (Å²) in [7, 11) is 0. The number of aromatic nitrogens is 2. The SMILES string of the molecule is Cc1cccc2c1cnn2OC1CCC(N2CCCC2)CC1. The lowest BCUT2D eigenvalue weighted by atomic mass is 9.92. The van der Waals surface area contributed by atoms with Crippen LogP contribution in [0.2, 0.25) is 0 Å². The zero-order valence-electron chi connectivity index (χ0n) is 13.4. The second kappa shape index (κ2) is 5.92. The summed E-state index contributed by atoms with van der Waals surface area (Å²) in [6.45, 7) is 4.73. The van der Waals surface area contributed by atoms with Gasteiger partial charge in [-0.1, -0.05) is 17.0 Å². The highest BCUT2D eigenvalue weighted by Gasteiger charge is 2.28. The molecule has 1 aliphatic heterocycles. The van der Waals surface area contributed by atoms with Crippen LogP contribution in [0.3, 0.4) is 0 Å². The molecule has 1 saturated heterocycles. The quantitative estimate of drug-likeness (QED) is 0.872. The minimum absolute atomic E-state index is 0.308. The fourth-order valence-electron chi connectivity index (χ4n) is 4.02. The van der Waals surface area contributed by atoms with E-state index in [-0.39, 0.29) is 0 Å². The van der Waals surface area contributed by atoms with E-state index in [1.807, 2.05) is 6.20 Å². The molecule has 0 N–H and O–H groups in total. The maximum Gasteiger partial charge on any atom is 0.127 e. The van der Waals surface area contributed by atoms with Gasteiger partial charge in [0.25, 0.3) is 0 Å². The lowest BCUT2D eigenvalue weighted by Crippen LogP contribution is -2.39. The molecule has 2 heterocycles. The van der Waals surface area contributed by atoms with Crippen molar-refractivity contribution >= 4 is 10.9 Å². The van der Waals surface area contributed by atoms with Crippen LogP contribution >= 0.6 is 0 Å². The number of fused-ring (bicyclic) bond motifs is 1. The van der Waals surface area contributed by atoms with Crippen LogP contribution in [0.15, 0.2) is 24.4 Å². The van der Waals surface area contributed by atoms with Gasteiger partial charge in [0.2, 0.25) is 0 Å². The van der Waals surface area contributed by atoms with Gasteiger partial charge >= 0.3 is 0 Å². The Kier molecular flexibility index (Phi) is 3.78.